The molecular weight excluding hydrogens is 344 g/mol. The summed E-state index contributed by atoms with van der Waals surface area (Å²) in [7, 11) is 0. The first-order chi connectivity index (χ1) is 12.3. The van der Waals surface area contributed by atoms with Crippen LogP contribution >= 0.6 is 22.7 Å². The van der Waals surface area contributed by atoms with Gasteiger partial charge >= 0.3 is 0 Å². The van der Waals surface area contributed by atoms with Crippen LogP contribution in [0.25, 0.3) is 12.2 Å². The summed E-state index contributed by atoms with van der Waals surface area (Å²) in [4.78, 5) is 13.0. The highest BCUT2D eigenvalue weighted by molar-refractivity contribution is 7.08. The predicted molar refractivity (Wildman–Crippen MR) is 108 cm³/mol. The normalized spacial score (nSPS) is 21.1. The molecule has 1 nitrogen and oxygen atoms in total. The molecule has 124 valence electrons. The molecule has 1 saturated carbocycles. The van der Waals surface area contributed by atoms with Gasteiger partial charge in [0.25, 0.3) is 0 Å². The fourth-order valence-electron chi connectivity index (χ4n) is 3.32. The summed E-state index contributed by atoms with van der Waals surface area (Å²) >= 11 is 3.32. The minimum absolute atomic E-state index is 0.199. The van der Waals surface area contributed by atoms with Gasteiger partial charge in [0.05, 0.1) is 0 Å². The van der Waals surface area contributed by atoms with Crippen molar-refractivity contribution >= 4 is 40.6 Å². The average molecular weight is 363 g/mol. The molecule has 0 radical (unpaired) electrons. The molecular formula is C22H18OS2. The molecule has 0 amide bonds. The summed E-state index contributed by atoms with van der Waals surface area (Å²) in [6.45, 7) is 0. The molecule has 0 spiro atoms. The Morgan fingerprint density at radius 3 is 1.84 bits per heavy atom. The van der Waals surface area contributed by atoms with Crippen molar-refractivity contribution in [1.29, 1.82) is 0 Å². The van der Waals surface area contributed by atoms with Crippen LogP contribution in [-0.2, 0) is 4.79 Å². The van der Waals surface area contributed by atoms with Crippen LogP contribution in [0.1, 0.15) is 35.4 Å². The van der Waals surface area contributed by atoms with Crippen molar-refractivity contribution < 1.29 is 4.79 Å². The molecule has 1 aliphatic rings. The number of hydrogen-bond donors (Lipinski definition) is 0. The van der Waals surface area contributed by atoms with E-state index in [2.05, 4.69) is 70.1 Å². The lowest BCUT2D eigenvalue weighted by Gasteiger charge is -2.26. The minimum atomic E-state index is 0.199. The number of hydrogen-bond acceptors (Lipinski definition) is 3. The van der Waals surface area contributed by atoms with Crippen LogP contribution in [-0.4, -0.2) is 5.78 Å². The van der Waals surface area contributed by atoms with Gasteiger partial charge in [-0.15, -0.1) is 0 Å². The zero-order chi connectivity index (χ0) is 17.1. The number of rotatable bonds is 3. The van der Waals surface area contributed by atoms with Crippen molar-refractivity contribution in [2.75, 3.05) is 0 Å². The number of allylic oxidation sites excluding steroid dienone is 2. The Morgan fingerprint density at radius 1 is 0.800 bits per heavy atom. The van der Waals surface area contributed by atoms with Crippen LogP contribution in [0.5, 0.6) is 0 Å². The fourth-order valence-corrected chi connectivity index (χ4v) is 4.56. The number of benzene rings is 1. The molecule has 0 unspecified atom stereocenters. The monoisotopic (exact) mass is 362 g/mol. The Balaban J connectivity index is 1.73. The van der Waals surface area contributed by atoms with E-state index in [1.807, 2.05) is 6.07 Å². The highest BCUT2D eigenvalue weighted by atomic mass is 32.1. The van der Waals surface area contributed by atoms with Gasteiger partial charge in [0, 0.05) is 11.1 Å². The molecule has 0 atom stereocenters. The van der Waals surface area contributed by atoms with Crippen molar-refractivity contribution in [2.24, 2.45) is 0 Å². The molecule has 2 heterocycles. The second kappa shape index (κ2) is 7.34. The van der Waals surface area contributed by atoms with Crippen LogP contribution < -0.4 is 0 Å². The maximum atomic E-state index is 13.0. The molecule has 3 aromatic rings. The third kappa shape index (κ3) is 3.73. The number of Topliss-reactive ketones (excluding diaryl/α,β-unsaturated/α-hetero) is 1. The Morgan fingerprint density at radius 2 is 1.36 bits per heavy atom. The molecule has 4 rings (SSSR count). The van der Waals surface area contributed by atoms with Crippen molar-refractivity contribution in [3.63, 3.8) is 0 Å². The summed E-state index contributed by atoms with van der Waals surface area (Å²) in [6, 6.07) is 14.7. The maximum absolute atomic E-state index is 13.0. The van der Waals surface area contributed by atoms with E-state index in [-0.39, 0.29) is 5.78 Å². The smallest absolute Gasteiger partial charge is 0.185 e. The van der Waals surface area contributed by atoms with E-state index < -0.39 is 0 Å². The first-order valence-electron chi connectivity index (χ1n) is 8.35. The Bertz CT molecular complexity index is 844. The third-order valence-electron chi connectivity index (χ3n) is 4.56. The van der Waals surface area contributed by atoms with Crippen molar-refractivity contribution in [3.05, 3.63) is 91.8 Å². The Kier molecular flexibility index (Phi) is 4.77. The van der Waals surface area contributed by atoms with Crippen LogP contribution in [0.15, 0.2) is 75.1 Å². The molecule has 0 bridgehead atoms. The average Bonchev–Trinajstić information content (AvgIpc) is 3.33. The summed E-state index contributed by atoms with van der Waals surface area (Å²) < 4.78 is 0. The van der Waals surface area contributed by atoms with Crippen LogP contribution in [0.4, 0.5) is 0 Å². The molecule has 1 aromatic carbocycles. The third-order valence-corrected chi connectivity index (χ3v) is 5.96. The number of ketones is 1. The van der Waals surface area contributed by atoms with E-state index in [4.69, 9.17) is 0 Å². The van der Waals surface area contributed by atoms with Gasteiger partial charge in [-0.1, -0.05) is 30.3 Å². The highest BCUT2D eigenvalue weighted by Gasteiger charge is 2.28. The van der Waals surface area contributed by atoms with Gasteiger partial charge in [0.2, 0.25) is 0 Å². The SMILES string of the molecule is O=C1/C(=C/c2ccsc2)CC(c2ccccc2)C/C1=C\c1ccsc1. The minimum Gasteiger partial charge on any atom is -0.289 e. The second-order valence-corrected chi connectivity index (χ2v) is 7.86. The summed E-state index contributed by atoms with van der Waals surface area (Å²) in [5.41, 5.74) is 5.39. The predicted octanol–water partition coefficient (Wildman–Crippen LogP) is 6.42. The highest BCUT2D eigenvalue weighted by Crippen LogP contribution is 2.38. The van der Waals surface area contributed by atoms with Crippen molar-refractivity contribution in [3.8, 4) is 0 Å². The van der Waals surface area contributed by atoms with Gasteiger partial charge < -0.3 is 0 Å². The Hall–Kier alpha value is -2.23. The standard InChI is InChI=1S/C22H18OS2/c23-22-20(10-16-6-8-24-14-16)12-19(18-4-2-1-3-5-18)13-21(22)11-17-7-9-25-15-17/h1-11,14-15,19H,12-13H2/b20-10+,21-11+. The van der Waals surface area contributed by atoms with Gasteiger partial charge in [0.1, 0.15) is 0 Å². The van der Waals surface area contributed by atoms with Crippen LogP contribution in [0.2, 0.25) is 0 Å². The summed E-state index contributed by atoms with van der Waals surface area (Å²) in [6.07, 6.45) is 5.74. The number of carbonyl (C=O) groups excluding carboxylic acids is 1. The quantitative estimate of drug-likeness (QED) is 0.491. The van der Waals surface area contributed by atoms with Crippen LogP contribution in [0.3, 0.4) is 0 Å². The first kappa shape index (κ1) is 16.2. The number of carbonyl (C=O) groups is 1. The summed E-state index contributed by atoms with van der Waals surface area (Å²) in [5, 5.41) is 8.29. The fraction of sp³-hybridized carbons (Fsp3) is 0.136. The molecule has 0 saturated heterocycles. The lowest BCUT2D eigenvalue weighted by Crippen LogP contribution is -2.18. The molecule has 1 aliphatic carbocycles. The van der Waals surface area contributed by atoms with Gasteiger partial charge in [-0.25, -0.2) is 0 Å². The molecule has 0 aliphatic heterocycles. The maximum Gasteiger partial charge on any atom is 0.185 e. The van der Waals surface area contributed by atoms with E-state index in [9.17, 15) is 4.79 Å². The number of thiophene rings is 2. The lowest BCUT2D eigenvalue weighted by molar-refractivity contribution is -0.113. The van der Waals surface area contributed by atoms with E-state index >= 15 is 0 Å². The molecule has 3 heteroatoms. The molecule has 25 heavy (non-hydrogen) atoms. The van der Waals surface area contributed by atoms with Crippen LogP contribution in [0, 0.1) is 0 Å². The van der Waals surface area contributed by atoms with Gasteiger partial charge in [0.15, 0.2) is 5.78 Å². The zero-order valence-electron chi connectivity index (χ0n) is 13.7. The van der Waals surface area contributed by atoms with Gasteiger partial charge in [-0.3, -0.25) is 4.79 Å². The van der Waals surface area contributed by atoms with Gasteiger partial charge in [-0.2, -0.15) is 22.7 Å². The summed E-state index contributed by atoms with van der Waals surface area (Å²) in [5.74, 6) is 0.554. The van der Waals surface area contributed by atoms with E-state index in [0.717, 1.165) is 35.1 Å². The topological polar surface area (TPSA) is 17.1 Å². The first-order valence-corrected chi connectivity index (χ1v) is 10.2. The van der Waals surface area contributed by atoms with E-state index in [1.54, 1.807) is 22.7 Å². The zero-order valence-corrected chi connectivity index (χ0v) is 15.4. The second-order valence-electron chi connectivity index (χ2n) is 6.30. The molecule has 1 fully saturated rings. The van der Waals surface area contributed by atoms with E-state index in [1.165, 1.54) is 5.56 Å². The Labute approximate surface area is 156 Å². The van der Waals surface area contributed by atoms with Crippen molar-refractivity contribution in [2.45, 2.75) is 18.8 Å². The molecule has 0 N–H and O–H groups in total. The largest absolute Gasteiger partial charge is 0.289 e. The lowest BCUT2D eigenvalue weighted by atomic mass is 9.77. The van der Waals surface area contributed by atoms with Gasteiger partial charge in [-0.05, 0) is 81.3 Å². The van der Waals surface area contributed by atoms with E-state index in [0.29, 0.717) is 5.92 Å². The molecule has 2 aromatic heterocycles. The van der Waals surface area contributed by atoms with Crippen molar-refractivity contribution in [1.82, 2.24) is 0 Å².